The lowest BCUT2D eigenvalue weighted by Gasteiger charge is -2.46. The van der Waals surface area contributed by atoms with E-state index in [4.69, 9.17) is 18.9 Å². The van der Waals surface area contributed by atoms with Gasteiger partial charge in [0, 0.05) is 19.6 Å². The Bertz CT molecular complexity index is 887. The van der Waals surface area contributed by atoms with Crippen LogP contribution in [0.5, 0.6) is 0 Å². The number of aliphatic hydroxyl groups excluding tert-OH is 4. The molecule has 37 heavy (non-hydrogen) atoms. The molecular formula is C28H46O9. The molecule has 0 amide bonds. The van der Waals surface area contributed by atoms with Gasteiger partial charge in [-0.25, -0.2) is 0 Å². The first-order valence-electron chi connectivity index (χ1n) is 13.6. The summed E-state index contributed by atoms with van der Waals surface area (Å²) in [4.78, 5) is 0. The standard InChI is InChI=1S/C28H46O9/c1-14(2)16-7-9-27(4)11-18-17(8-10-28(18,33)13-35-6)15(3)21(29)25(20(16)27)37-26-24(32)23(31)22(30)19(36-26)12-34-5/h11,14-15,17,19,21-26,29-33H,7-10,12-13H2,1-6H3/t15-,17+,19?,21-,22?,23?,24?,25?,26?,27-,28+/m1/s1. The Labute approximate surface area is 220 Å². The highest BCUT2D eigenvalue weighted by atomic mass is 16.7. The number of methoxy groups -OCH3 is 2. The molecule has 9 heteroatoms. The van der Waals surface area contributed by atoms with Crippen LogP contribution in [-0.2, 0) is 18.9 Å². The second-order valence-electron chi connectivity index (χ2n) is 12.1. The third-order valence-corrected chi connectivity index (χ3v) is 9.28. The molecule has 0 radical (unpaired) electrons. The Hall–Kier alpha value is -0.880. The second kappa shape index (κ2) is 10.9. The van der Waals surface area contributed by atoms with E-state index in [1.807, 2.05) is 6.92 Å². The molecule has 0 aromatic heterocycles. The largest absolute Gasteiger partial charge is 0.390 e. The van der Waals surface area contributed by atoms with E-state index in [1.54, 1.807) is 7.11 Å². The van der Waals surface area contributed by atoms with Crippen molar-refractivity contribution in [2.24, 2.45) is 23.2 Å². The van der Waals surface area contributed by atoms with Gasteiger partial charge in [-0.05, 0) is 54.6 Å². The molecule has 6 unspecified atom stereocenters. The van der Waals surface area contributed by atoms with Gasteiger partial charge in [0.1, 0.15) is 36.1 Å². The highest BCUT2D eigenvalue weighted by Gasteiger charge is 2.55. The predicted octanol–water partition coefficient (Wildman–Crippen LogP) is 1.30. The zero-order chi connectivity index (χ0) is 27.3. The van der Waals surface area contributed by atoms with Crippen LogP contribution in [0, 0.1) is 23.2 Å². The maximum absolute atomic E-state index is 11.9. The summed E-state index contributed by atoms with van der Waals surface area (Å²) in [6.45, 7) is 8.54. The smallest absolute Gasteiger partial charge is 0.187 e. The van der Waals surface area contributed by atoms with E-state index in [0.717, 1.165) is 24.0 Å². The fourth-order valence-corrected chi connectivity index (χ4v) is 7.16. The summed E-state index contributed by atoms with van der Waals surface area (Å²) in [6.07, 6.45) is -3.16. The van der Waals surface area contributed by atoms with Crippen molar-refractivity contribution in [1.82, 2.24) is 0 Å². The summed E-state index contributed by atoms with van der Waals surface area (Å²) in [5, 5.41) is 55.2. The lowest BCUT2D eigenvalue weighted by molar-refractivity contribution is -0.316. The van der Waals surface area contributed by atoms with E-state index in [-0.39, 0.29) is 31.0 Å². The molecule has 9 nitrogen and oxygen atoms in total. The third-order valence-electron chi connectivity index (χ3n) is 9.28. The van der Waals surface area contributed by atoms with Gasteiger partial charge < -0.3 is 44.5 Å². The van der Waals surface area contributed by atoms with Crippen LogP contribution < -0.4 is 0 Å². The molecule has 1 heterocycles. The minimum absolute atomic E-state index is 0.0122. The molecule has 0 aromatic carbocycles. The van der Waals surface area contributed by atoms with Crippen LogP contribution in [0.2, 0.25) is 0 Å². The fraction of sp³-hybridized carbons (Fsp3) is 0.857. The lowest BCUT2D eigenvalue weighted by Crippen LogP contribution is -2.61. The van der Waals surface area contributed by atoms with Gasteiger partial charge in [0.25, 0.3) is 0 Å². The molecule has 0 bridgehead atoms. The maximum atomic E-state index is 11.9. The van der Waals surface area contributed by atoms with Crippen molar-refractivity contribution in [3.63, 3.8) is 0 Å². The topological polar surface area (TPSA) is 138 Å². The van der Waals surface area contributed by atoms with E-state index in [1.165, 1.54) is 12.7 Å². The van der Waals surface area contributed by atoms with Gasteiger partial charge in [0.2, 0.25) is 0 Å². The molecule has 212 valence electrons. The van der Waals surface area contributed by atoms with Crippen LogP contribution in [0.15, 0.2) is 22.8 Å². The minimum Gasteiger partial charge on any atom is -0.390 e. The average molecular weight is 527 g/mol. The Kier molecular flexibility index (Phi) is 8.61. The van der Waals surface area contributed by atoms with Gasteiger partial charge in [-0.2, -0.15) is 0 Å². The average Bonchev–Trinajstić information content (AvgIpc) is 3.34. The number of aliphatic hydroxyl groups is 5. The summed E-state index contributed by atoms with van der Waals surface area (Å²) < 4.78 is 22.9. The van der Waals surface area contributed by atoms with Crippen molar-refractivity contribution < 1.29 is 44.5 Å². The molecule has 1 saturated carbocycles. The number of ether oxygens (including phenoxy) is 4. The Morgan fingerprint density at radius 2 is 1.73 bits per heavy atom. The van der Waals surface area contributed by atoms with E-state index in [0.29, 0.717) is 12.8 Å². The molecule has 1 aliphatic heterocycles. The maximum Gasteiger partial charge on any atom is 0.187 e. The molecule has 0 aromatic rings. The Balaban J connectivity index is 1.79. The summed E-state index contributed by atoms with van der Waals surface area (Å²) in [5.41, 5.74) is 1.48. The van der Waals surface area contributed by atoms with Gasteiger partial charge in [-0.3, -0.25) is 0 Å². The molecule has 3 aliphatic carbocycles. The number of fused-ring (bicyclic) bond motifs is 2. The zero-order valence-corrected chi connectivity index (χ0v) is 23.0. The van der Waals surface area contributed by atoms with Gasteiger partial charge in [-0.1, -0.05) is 39.3 Å². The first-order chi connectivity index (χ1) is 17.4. The minimum atomic E-state index is -1.50. The Morgan fingerprint density at radius 3 is 2.35 bits per heavy atom. The fourth-order valence-electron chi connectivity index (χ4n) is 7.16. The molecule has 4 rings (SSSR count). The summed E-state index contributed by atoms with van der Waals surface area (Å²) in [7, 11) is 3.05. The molecule has 4 aliphatic rings. The predicted molar refractivity (Wildman–Crippen MR) is 135 cm³/mol. The number of rotatable bonds is 7. The van der Waals surface area contributed by atoms with Crippen LogP contribution in [0.4, 0.5) is 0 Å². The molecule has 1 saturated heterocycles. The number of hydrogen-bond donors (Lipinski definition) is 5. The SMILES string of the molecule is COCC1OC(OC2C3=C(C(C)C)CC[C@]3(C)C=C3[C@@H](CC[C@]3(O)COC)[C@@H](C)[C@H]2O)C(O)C(O)C1O. The molecule has 2 fully saturated rings. The Morgan fingerprint density at radius 1 is 1.03 bits per heavy atom. The normalized spacial score (nSPS) is 46.5. The van der Waals surface area contributed by atoms with Crippen LogP contribution >= 0.6 is 0 Å². The van der Waals surface area contributed by atoms with Crippen LogP contribution in [-0.4, -0.2) is 101 Å². The van der Waals surface area contributed by atoms with Gasteiger partial charge in [0.15, 0.2) is 6.29 Å². The lowest BCUT2D eigenvalue weighted by atomic mass is 9.68. The first-order valence-corrected chi connectivity index (χ1v) is 13.6. The van der Waals surface area contributed by atoms with Crippen molar-refractivity contribution in [1.29, 1.82) is 0 Å². The molecular weight excluding hydrogens is 480 g/mol. The van der Waals surface area contributed by atoms with E-state index >= 15 is 0 Å². The van der Waals surface area contributed by atoms with Crippen molar-refractivity contribution in [3.05, 3.63) is 22.8 Å². The van der Waals surface area contributed by atoms with E-state index < -0.39 is 53.9 Å². The molecule has 11 atom stereocenters. The van der Waals surface area contributed by atoms with Crippen LogP contribution in [0.1, 0.15) is 53.4 Å². The van der Waals surface area contributed by atoms with Crippen molar-refractivity contribution in [2.45, 2.75) is 102 Å². The first kappa shape index (κ1) is 29.1. The zero-order valence-electron chi connectivity index (χ0n) is 23.0. The van der Waals surface area contributed by atoms with E-state index in [2.05, 4.69) is 26.8 Å². The van der Waals surface area contributed by atoms with Crippen molar-refractivity contribution in [2.75, 3.05) is 27.4 Å². The molecule has 0 spiro atoms. The van der Waals surface area contributed by atoms with Crippen molar-refractivity contribution in [3.8, 4) is 0 Å². The van der Waals surface area contributed by atoms with E-state index in [9.17, 15) is 25.5 Å². The van der Waals surface area contributed by atoms with Crippen molar-refractivity contribution >= 4 is 0 Å². The third kappa shape index (κ3) is 5.08. The summed E-state index contributed by atoms with van der Waals surface area (Å²) >= 11 is 0. The van der Waals surface area contributed by atoms with Gasteiger partial charge in [-0.15, -0.1) is 0 Å². The highest BCUT2D eigenvalue weighted by Crippen LogP contribution is 2.56. The van der Waals surface area contributed by atoms with Crippen LogP contribution in [0.25, 0.3) is 0 Å². The van der Waals surface area contributed by atoms with Gasteiger partial charge in [0.05, 0.1) is 19.3 Å². The highest BCUT2D eigenvalue weighted by molar-refractivity contribution is 5.42. The monoisotopic (exact) mass is 526 g/mol. The summed E-state index contributed by atoms with van der Waals surface area (Å²) in [5.74, 6) is -0.126. The molecule has 5 N–H and O–H groups in total. The summed E-state index contributed by atoms with van der Waals surface area (Å²) in [6, 6.07) is 0. The quantitative estimate of drug-likeness (QED) is 0.311. The van der Waals surface area contributed by atoms with Gasteiger partial charge >= 0.3 is 0 Å². The number of hydrogen-bond acceptors (Lipinski definition) is 9. The second-order valence-corrected chi connectivity index (χ2v) is 12.1. The van der Waals surface area contributed by atoms with Crippen LogP contribution in [0.3, 0.4) is 0 Å². The number of allylic oxidation sites excluding steroid dienone is 2.